The van der Waals surface area contributed by atoms with Crippen LogP contribution in [0.3, 0.4) is 0 Å². The highest BCUT2D eigenvalue weighted by Crippen LogP contribution is 2.11. The Bertz CT molecular complexity index is 620. The lowest BCUT2D eigenvalue weighted by Gasteiger charge is -2.08. The molecule has 1 unspecified atom stereocenters. The van der Waals surface area contributed by atoms with Gasteiger partial charge in [0.1, 0.15) is 6.54 Å². The topological polar surface area (TPSA) is 95.1 Å². The highest BCUT2D eigenvalue weighted by atomic mass is 127. The van der Waals surface area contributed by atoms with Crippen LogP contribution >= 0.6 is 22.6 Å². The SMILES string of the molecule is O=C(NCC1CCCO1)c1nc(Cn2cc(I)cn2)no1. The third-order valence-electron chi connectivity index (χ3n) is 3.08. The van der Waals surface area contributed by atoms with Crippen molar-refractivity contribution in [3.05, 3.63) is 27.7 Å². The van der Waals surface area contributed by atoms with Crippen molar-refractivity contribution < 1.29 is 14.1 Å². The summed E-state index contributed by atoms with van der Waals surface area (Å²) in [5.41, 5.74) is 0. The lowest BCUT2D eigenvalue weighted by molar-refractivity contribution is 0.0822. The molecule has 2 aromatic rings. The molecule has 1 aliphatic rings. The standard InChI is InChI=1S/C12H14IN5O3/c13-8-4-15-18(6-8)7-10-16-12(21-17-10)11(19)14-5-9-2-1-3-20-9/h4,6,9H,1-3,5,7H2,(H,14,19). The zero-order chi connectivity index (χ0) is 14.7. The van der Waals surface area contributed by atoms with Gasteiger partial charge in [-0.15, -0.1) is 0 Å². The molecular weight excluding hydrogens is 389 g/mol. The second-order valence-electron chi connectivity index (χ2n) is 4.72. The molecular formula is C12H14IN5O3. The Labute approximate surface area is 134 Å². The molecule has 0 radical (unpaired) electrons. The lowest BCUT2D eigenvalue weighted by atomic mass is 10.2. The number of aromatic nitrogens is 4. The van der Waals surface area contributed by atoms with Crippen LogP contribution in [0.5, 0.6) is 0 Å². The maximum absolute atomic E-state index is 11.9. The van der Waals surface area contributed by atoms with Crippen molar-refractivity contribution in [3.8, 4) is 0 Å². The number of hydrogen-bond acceptors (Lipinski definition) is 6. The molecule has 1 aliphatic heterocycles. The fraction of sp³-hybridized carbons (Fsp3) is 0.500. The van der Waals surface area contributed by atoms with Crippen molar-refractivity contribution in [2.24, 2.45) is 0 Å². The van der Waals surface area contributed by atoms with Crippen molar-refractivity contribution in [2.45, 2.75) is 25.5 Å². The van der Waals surface area contributed by atoms with E-state index in [1.807, 2.05) is 6.20 Å². The van der Waals surface area contributed by atoms with Gasteiger partial charge in [-0.2, -0.15) is 10.1 Å². The van der Waals surface area contributed by atoms with Gasteiger partial charge in [-0.25, -0.2) is 0 Å². The van der Waals surface area contributed by atoms with Crippen LogP contribution in [0.15, 0.2) is 16.9 Å². The molecule has 0 bridgehead atoms. The van der Waals surface area contributed by atoms with Crippen LogP contribution in [0, 0.1) is 3.57 Å². The highest BCUT2D eigenvalue weighted by Gasteiger charge is 2.19. The molecule has 1 fully saturated rings. The van der Waals surface area contributed by atoms with Crippen molar-refractivity contribution in [1.29, 1.82) is 0 Å². The average Bonchev–Trinajstić information content (AvgIpc) is 3.19. The van der Waals surface area contributed by atoms with Crippen LogP contribution in [-0.4, -0.2) is 45.1 Å². The molecule has 0 aliphatic carbocycles. The summed E-state index contributed by atoms with van der Waals surface area (Å²) in [7, 11) is 0. The summed E-state index contributed by atoms with van der Waals surface area (Å²) in [5, 5.41) is 10.6. The van der Waals surface area contributed by atoms with E-state index >= 15 is 0 Å². The van der Waals surface area contributed by atoms with E-state index in [0.717, 1.165) is 23.0 Å². The zero-order valence-corrected chi connectivity index (χ0v) is 13.3. The minimum absolute atomic E-state index is 0.0372. The number of carbonyl (C=O) groups is 1. The summed E-state index contributed by atoms with van der Waals surface area (Å²) >= 11 is 2.16. The largest absolute Gasteiger partial charge is 0.376 e. The van der Waals surface area contributed by atoms with Crippen LogP contribution in [0.2, 0.25) is 0 Å². The van der Waals surface area contributed by atoms with Gasteiger partial charge in [0.05, 0.1) is 15.9 Å². The second kappa shape index (κ2) is 6.52. The molecule has 3 heterocycles. The summed E-state index contributed by atoms with van der Waals surface area (Å²) < 4.78 is 13.1. The van der Waals surface area contributed by atoms with Gasteiger partial charge in [0.25, 0.3) is 0 Å². The van der Waals surface area contributed by atoms with E-state index < -0.39 is 0 Å². The normalized spacial score (nSPS) is 18.0. The molecule has 8 nitrogen and oxygen atoms in total. The first-order chi connectivity index (χ1) is 10.2. The number of hydrogen-bond donors (Lipinski definition) is 1. The Morgan fingerprint density at radius 3 is 3.19 bits per heavy atom. The number of nitrogens with one attached hydrogen (secondary N) is 1. The fourth-order valence-electron chi connectivity index (χ4n) is 2.07. The third kappa shape index (κ3) is 3.79. The number of rotatable bonds is 5. The molecule has 21 heavy (non-hydrogen) atoms. The molecule has 3 rings (SSSR count). The molecule has 1 saturated heterocycles. The zero-order valence-electron chi connectivity index (χ0n) is 11.2. The first-order valence-electron chi connectivity index (χ1n) is 6.61. The van der Waals surface area contributed by atoms with Gasteiger partial charge in [-0.3, -0.25) is 9.48 Å². The van der Waals surface area contributed by atoms with Gasteiger partial charge in [-0.05, 0) is 35.4 Å². The van der Waals surface area contributed by atoms with Crippen molar-refractivity contribution in [2.75, 3.05) is 13.2 Å². The summed E-state index contributed by atoms with van der Waals surface area (Å²) in [6.07, 6.45) is 5.67. The minimum Gasteiger partial charge on any atom is -0.376 e. The first kappa shape index (κ1) is 14.4. The molecule has 1 atom stereocenters. The quantitative estimate of drug-likeness (QED) is 0.744. The maximum Gasteiger partial charge on any atom is 0.316 e. The molecule has 1 amide bonds. The molecule has 1 N–H and O–H groups in total. The molecule has 0 saturated carbocycles. The average molecular weight is 403 g/mol. The van der Waals surface area contributed by atoms with Crippen molar-refractivity contribution >= 4 is 28.5 Å². The van der Waals surface area contributed by atoms with Crippen LogP contribution in [-0.2, 0) is 11.3 Å². The van der Waals surface area contributed by atoms with Gasteiger partial charge in [-0.1, -0.05) is 5.16 Å². The van der Waals surface area contributed by atoms with E-state index in [-0.39, 0.29) is 17.9 Å². The number of amides is 1. The second-order valence-corrected chi connectivity index (χ2v) is 5.96. The summed E-state index contributed by atoms with van der Waals surface area (Å²) in [4.78, 5) is 16.0. The smallest absolute Gasteiger partial charge is 0.316 e. The molecule has 0 spiro atoms. The van der Waals surface area contributed by atoms with Crippen LogP contribution in [0.25, 0.3) is 0 Å². The Kier molecular flexibility index (Phi) is 4.48. The summed E-state index contributed by atoms with van der Waals surface area (Å²) in [6.45, 7) is 1.59. The van der Waals surface area contributed by atoms with E-state index in [4.69, 9.17) is 9.26 Å². The van der Waals surface area contributed by atoms with Crippen LogP contribution < -0.4 is 5.32 Å². The summed E-state index contributed by atoms with van der Waals surface area (Å²) in [5.74, 6) is 0.000845. The number of halogens is 1. The fourth-order valence-corrected chi connectivity index (χ4v) is 2.51. The molecule has 0 aromatic carbocycles. The summed E-state index contributed by atoms with van der Waals surface area (Å²) in [6, 6.07) is 0. The number of nitrogens with zero attached hydrogens (tertiary/aromatic N) is 4. The maximum atomic E-state index is 11.9. The van der Waals surface area contributed by atoms with Gasteiger partial charge < -0.3 is 14.6 Å². The monoisotopic (exact) mass is 403 g/mol. The Hall–Kier alpha value is -1.49. The number of ether oxygens (including phenoxy) is 1. The van der Waals surface area contributed by atoms with Gasteiger partial charge >= 0.3 is 11.8 Å². The minimum atomic E-state index is -0.376. The molecule has 112 valence electrons. The van der Waals surface area contributed by atoms with E-state index in [1.54, 1.807) is 10.9 Å². The van der Waals surface area contributed by atoms with Crippen LogP contribution in [0.4, 0.5) is 0 Å². The predicted molar refractivity (Wildman–Crippen MR) is 79.7 cm³/mol. The Morgan fingerprint density at radius 2 is 2.48 bits per heavy atom. The van der Waals surface area contributed by atoms with Gasteiger partial charge in [0.2, 0.25) is 0 Å². The van der Waals surface area contributed by atoms with Gasteiger partial charge in [0.15, 0.2) is 5.82 Å². The van der Waals surface area contributed by atoms with Crippen LogP contribution in [0.1, 0.15) is 29.4 Å². The van der Waals surface area contributed by atoms with E-state index in [0.29, 0.717) is 18.9 Å². The van der Waals surface area contributed by atoms with Crippen molar-refractivity contribution in [3.63, 3.8) is 0 Å². The number of carbonyl (C=O) groups excluding carboxylic acids is 1. The van der Waals surface area contributed by atoms with Gasteiger partial charge in [0, 0.05) is 19.3 Å². The Morgan fingerprint density at radius 1 is 1.57 bits per heavy atom. The predicted octanol–water partition coefficient (Wildman–Crippen LogP) is 0.828. The molecule has 2 aromatic heterocycles. The third-order valence-corrected chi connectivity index (χ3v) is 3.64. The highest BCUT2D eigenvalue weighted by molar-refractivity contribution is 14.1. The molecule has 9 heteroatoms. The van der Waals surface area contributed by atoms with E-state index in [9.17, 15) is 4.79 Å². The van der Waals surface area contributed by atoms with Crippen molar-refractivity contribution in [1.82, 2.24) is 25.2 Å². The van der Waals surface area contributed by atoms with E-state index in [1.165, 1.54) is 0 Å². The lowest BCUT2D eigenvalue weighted by Crippen LogP contribution is -2.31. The Balaban J connectivity index is 1.54. The first-order valence-corrected chi connectivity index (χ1v) is 7.69. The van der Waals surface area contributed by atoms with E-state index in [2.05, 4.69) is 43.1 Å².